The number of hydrogen-bond acceptors (Lipinski definition) is 3. The zero-order valence-electron chi connectivity index (χ0n) is 14.5. The van der Waals surface area contributed by atoms with Gasteiger partial charge >= 0.3 is 0 Å². The second kappa shape index (κ2) is 6.81. The van der Waals surface area contributed by atoms with Crippen LogP contribution in [0.15, 0.2) is 42.5 Å². The molecule has 0 aromatic heterocycles. The molecule has 0 saturated heterocycles. The van der Waals surface area contributed by atoms with Gasteiger partial charge in [0.2, 0.25) is 0 Å². The van der Waals surface area contributed by atoms with E-state index in [0.717, 1.165) is 42.0 Å². The summed E-state index contributed by atoms with van der Waals surface area (Å²) < 4.78 is 18.7. The normalized spacial score (nSPS) is 19.1. The summed E-state index contributed by atoms with van der Waals surface area (Å²) in [5, 5.41) is 7.42. The first kappa shape index (κ1) is 16.8. The molecule has 1 atom stereocenters. The van der Waals surface area contributed by atoms with E-state index in [1.165, 1.54) is 12.1 Å². The van der Waals surface area contributed by atoms with Crippen molar-refractivity contribution >= 4 is 5.69 Å². The number of methoxy groups -OCH3 is 1. The van der Waals surface area contributed by atoms with E-state index in [-0.39, 0.29) is 17.4 Å². The molecule has 1 unspecified atom stereocenters. The number of nitrogens with one attached hydrogen (secondary N) is 2. The van der Waals surface area contributed by atoms with Gasteiger partial charge in [0, 0.05) is 23.8 Å². The molecular formula is C20H25FN2O. The largest absolute Gasteiger partial charge is 0.497 e. The van der Waals surface area contributed by atoms with Gasteiger partial charge < -0.3 is 10.1 Å². The Morgan fingerprint density at radius 2 is 1.83 bits per heavy atom. The molecule has 4 heteroatoms. The molecule has 0 aliphatic carbocycles. The summed E-state index contributed by atoms with van der Waals surface area (Å²) in [4.78, 5) is 0. The third-order valence-corrected chi connectivity index (χ3v) is 5.20. The maximum atomic E-state index is 13.4. The fourth-order valence-corrected chi connectivity index (χ4v) is 3.39. The van der Waals surface area contributed by atoms with Crippen LogP contribution in [0, 0.1) is 5.82 Å². The van der Waals surface area contributed by atoms with Crippen LogP contribution in [0.3, 0.4) is 0 Å². The van der Waals surface area contributed by atoms with E-state index in [9.17, 15) is 4.39 Å². The highest BCUT2D eigenvalue weighted by molar-refractivity contribution is 5.59. The molecule has 2 N–H and O–H groups in total. The number of benzene rings is 2. The number of rotatable bonds is 4. The van der Waals surface area contributed by atoms with Crippen LogP contribution in [0.5, 0.6) is 5.75 Å². The van der Waals surface area contributed by atoms with Crippen molar-refractivity contribution in [1.29, 1.82) is 0 Å². The Morgan fingerprint density at radius 3 is 2.46 bits per heavy atom. The fourth-order valence-electron chi connectivity index (χ4n) is 3.39. The van der Waals surface area contributed by atoms with E-state index in [2.05, 4.69) is 30.5 Å². The van der Waals surface area contributed by atoms with E-state index in [1.54, 1.807) is 7.11 Å². The third kappa shape index (κ3) is 3.11. The quantitative estimate of drug-likeness (QED) is 0.867. The Bertz CT molecular complexity index is 695. The highest BCUT2D eigenvalue weighted by atomic mass is 19.1. The van der Waals surface area contributed by atoms with E-state index < -0.39 is 0 Å². The maximum Gasteiger partial charge on any atom is 0.123 e. The van der Waals surface area contributed by atoms with Crippen molar-refractivity contribution in [3.8, 4) is 5.75 Å². The first-order valence-corrected chi connectivity index (χ1v) is 8.56. The zero-order valence-corrected chi connectivity index (χ0v) is 14.5. The molecule has 1 aliphatic rings. The van der Waals surface area contributed by atoms with E-state index >= 15 is 0 Å². The minimum Gasteiger partial charge on any atom is -0.497 e. The van der Waals surface area contributed by atoms with Crippen molar-refractivity contribution in [3.63, 3.8) is 0 Å². The van der Waals surface area contributed by atoms with Crippen molar-refractivity contribution in [2.75, 3.05) is 19.0 Å². The standard InChI is InChI=1S/C20H25FN2O/c1-4-20(5-2)13-22-18-12-16(24-3)10-11-17(18)19(23-20)14-6-8-15(21)9-7-14/h6-12,19,22-23H,4-5,13H2,1-3H3. The molecule has 0 saturated carbocycles. The van der Waals surface area contributed by atoms with Crippen LogP contribution in [0.25, 0.3) is 0 Å². The second-order valence-electron chi connectivity index (χ2n) is 6.42. The number of anilines is 1. The molecule has 0 spiro atoms. The van der Waals surface area contributed by atoms with Crippen LogP contribution in [-0.2, 0) is 0 Å². The molecule has 0 amide bonds. The molecule has 2 aromatic rings. The molecule has 3 rings (SSSR count). The summed E-state index contributed by atoms with van der Waals surface area (Å²) in [6.07, 6.45) is 2.03. The molecule has 3 nitrogen and oxygen atoms in total. The van der Waals surface area contributed by atoms with Gasteiger partial charge in [0.15, 0.2) is 0 Å². The number of halogens is 1. The first-order valence-electron chi connectivity index (χ1n) is 8.56. The smallest absolute Gasteiger partial charge is 0.123 e. The van der Waals surface area contributed by atoms with Gasteiger partial charge in [-0.05, 0) is 42.2 Å². The lowest BCUT2D eigenvalue weighted by Crippen LogP contribution is -2.49. The summed E-state index contributed by atoms with van der Waals surface area (Å²) in [6, 6.07) is 12.9. The lowest BCUT2D eigenvalue weighted by Gasteiger charge is -2.35. The number of fused-ring (bicyclic) bond motifs is 1. The average Bonchev–Trinajstić information content (AvgIpc) is 2.79. The first-order chi connectivity index (χ1) is 11.6. The summed E-state index contributed by atoms with van der Waals surface area (Å²) >= 11 is 0. The Balaban J connectivity index is 2.09. The average molecular weight is 328 g/mol. The SMILES string of the molecule is CCC1(CC)CNc2cc(OC)ccc2C(c2ccc(F)cc2)N1. The predicted octanol–water partition coefficient (Wildman–Crippen LogP) is 4.50. The minimum absolute atomic E-state index is 0.00862. The zero-order chi connectivity index (χ0) is 17.2. The van der Waals surface area contributed by atoms with E-state index in [1.807, 2.05) is 24.3 Å². The highest BCUT2D eigenvalue weighted by Crippen LogP contribution is 2.37. The highest BCUT2D eigenvalue weighted by Gasteiger charge is 2.34. The molecular weight excluding hydrogens is 303 g/mol. The van der Waals surface area contributed by atoms with Crippen LogP contribution >= 0.6 is 0 Å². The molecule has 0 fully saturated rings. The van der Waals surface area contributed by atoms with E-state index in [0.29, 0.717) is 0 Å². The molecule has 0 bridgehead atoms. The van der Waals surface area contributed by atoms with Crippen molar-refractivity contribution in [3.05, 3.63) is 59.4 Å². The van der Waals surface area contributed by atoms with Gasteiger partial charge in [-0.2, -0.15) is 0 Å². The lowest BCUT2D eigenvalue weighted by atomic mass is 9.89. The Morgan fingerprint density at radius 1 is 1.12 bits per heavy atom. The minimum atomic E-state index is -0.210. The van der Waals surface area contributed by atoms with Crippen molar-refractivity contribution < 1.29 is 9.13 Å². The second-order valence-corrected chi connectivity index (χ2v) is 6.42. The van der Waals surface area contributed by atoms with Gasteiger partial charge in [-0.3, -0.25) is 5.32 Å². The topological polar surface area (TPSA) is 33.3 Å². The van der Waals surface area contributed by atoms with Crippen molar-refractivity contribution in [1.82, 2.24) is 5.32 Å². The summed E-state index contributed by atoms with van der Waals surface area (Å²) in [6.45, 7) is 5.25. The van der Waals surface area contributed by atoms with Gasteiger partial charge in [0.05, 0.1) is 13.2 Å². The van der Waals surface area contributed by atoms with Gasteiger partial charge in [0.1, 0.15) is 11.6 Å². The van der Waals surface area contributed by atoms with Crippen molar-refractivity contribution in [2.45, 2.75) is 38.3 Å². The molecule has 1 aliphatic heterocycles. The molecule has 1 heterocycles. The van der Waals surface area contributed by atoms with Crippen LogP contribution in [-0.4, -0.2) is 19.2 Å². The Hall–Kier alpha value is -2.07. The third-order valence-electron chi connectivity index (χ3n) is 5.20. The van der Waals surface area contributed by atoms with Crippen LogP contribution in [0.1, 0.15) is 43.9 Å². The molecule has 24 heavy (non-hydrogen) atoms. The van der Waals surface area contributed by atoms with Gasteiger partial charge in [0.25, 0.3) is 0 Å². The lowest BCUT2D eigenvalue weighted by molar-refractivity contribution is 0.301. The van der Waals surface area contributed by atoms with E-state index in [4.69, 9.17) is 4.74 Å². The van der Waals surface area contributed by atoms with Crippen LogP contribution in [0.4, 0.5) is 10.1 Å². The van der Waals surface area contributed by atoms with Crippen LogP contribution in [0.2, 0.25) is 0 Å². The Labute approximate surface area is 143 Å². The Kier molecular flexibility index (Phi) is 4.76. The number of ether oxygens (including phenoxy) is 1. The molecule has 128 valence electrons. The summed E-state index contributed by atoms with van der Waals surface area (Å²) in [7, 11) is 1.68. The van der Waals surface area contributed by atoms with Crippen LogP contribution < -0.4 is 15.4 Å². The predicted molar refractivity (Wildman–Crippen MR) is 96.2 cm³/mol. The fraction of sp³-hybridized carbons (Fsp3) is 0.400. The summed E-state index contributed by atoms with van der Waals surface area (Å²) in [5.41, 5.74) is 3.29. The van der Waals surface area contributed by atoms with Gasteiger partial charge in [-0.15, -0.1) is 0 Å². The van der Waals surface area contributed by atoms with Gasteiger partial charge in [-0.25, -0.2) is 4.39 Å². The van der Waals surface area contributed by atoms with Gasteiger partial charge in [-0.1, -0.05) is 32.0 Å². The summed E-state index contributed by atoms with van der Waals surface area (Å²) in [5.74, 6) is 0.623. The van der Waals surface area contributed by atoms with Crippen molar-refractivity contribution in [2.24, 2.45) is 0 Å². The number of hydrogen-bond donors (Lipinski definition) is 2. The maximum absolute atomic E-state index is 13.4. The monoisotopic (exact) mass is 328 g/mol. The molecule has 0 radical (unpaired) electrons. The molecule has 2 aromatic carbocycles.